The molecule has 0 bridgehead atoms. The van der Waals surface area contributed by atoms with E-state index in [0.29, 0.717) is 25.4 Å². The molecule has 2 N–H and O–H groups in total. The van der Waals surface area contributed by atoms with Gasteiger partial charge in [-0.05, 0) is 49.3 Å². The van der Waals surface area contributed by atoms with Crippen molar-refractivity contribution in [3.63, 3.8) is 0 Å². The molecular formula is C19H27N3O2S. The van der Waals surface area contributed by atoms with Gasteiger partial charge in [0.05, 0.1) is 5.92 Å². The minimum atomic E-state index is -0.254. The molecule has 0 radical (unpaired) electrons. The van der Waals surface area contributed by atoms with Crippen molar-refractivity contribution in [1.82, 2.24) is 4.90 Å². The van der Waals surface area contributed by atoms with Gasteiger partial charge >= 0.3 is 0 Å². The van der Waals surface area contributed by atoms with Gasteiger partial charge in [-0.3, -0.25) is 9.59 Å². The molecule has 1 aromatic carbocycles. The van der Waals surface area contributed by atoms with Crippen LogP contribution in [0.4, 0.5) is 5.69 Å². The van der Waals surface area contributed by atoms with Gasteiger partial charge in [0.25, 0.3) is 0 Å². The van der Waals surface area contributed by atoms with E-state index in [1.54, 1.807) is 16.7 Å². The predicted molar refractivity (Wildman–Crippen MR) is 102 cm³/mol. The summed E-state index contributed by atoms with van der Waals surface area (Å²) >= 11 is 1.67. The van der Waals surface area contributed by atoms with Crippen molar-refractivity contribution < 1.29 is 9.59 Å². The Bertz CT molecular complexity index is 634. The first kappa shape index (κ1) is 18.3. The smallest absolute Gasteiger partial charge is 0.228 e. The third-order valence-electron chi connectivity index (χ3n) is 5.39. The third-order valence-corrected chi connectivity index (χ3v) is 6.14. The summed E-state index contributed by atoms with van der Waals surface area (Å²) in [7, 11) is 0. The van der Waals surface area contributed by atoms with Gasteiger partial charge in [0, 0.05) is 42.7 Å². The number of rotatable bonds is 4. The van der Waals surface area contributed by atoms with Crippen LogP contribution < -0.4 is 10.6 Å². The molecule has 2 amide bonds. The van der Waals surface area contributed by atoms with Crippen LogP contribution in [0.15, 0.2) is 29.2 Å². The molecule has 1 aromatic rings. The average Bonchev–Trinajstić information content (AvgIpc) is 3.02. The third kappa shape index (κ3) is 3.85. The van der Waals surface area contributed by atoms with Gasteiger partial charge in [0.15, 0.2) is 0 Å². The van der Waals surface area contributed by atoms with Crippen LogP contribution in [0.5, 0.6) is 0 Å². The number of carbonyl (C=O) groups excluding carboxylic acids is 2. The molecule has 3 atom stereocenters. The van der Waals surface area contributed by atoms with Gasteiger partial charge in [-0.25, -0.2) is 0 Å². The molecule has 3 rings (SSSR count). The van der Waals surface area contributed by atoms with Crippen LogP contribution in [0.1, 0.15) is 26.2 Å². The molecule has 25 heavy (non-hydrogen) atoms. The van der Waals surface area contributed by atoms with E-state index in [1.165, 1.54) is 0 Å². The Morgan fingerprint density at radius 1 is 1.32 bits per heavy atom. The van der Waals surface area contributed by atoms with Crippen molar-refractivity contribution in [1.29, 1.82) is 0 Å². The number of nitrogens with zero attached hydrogens (tertiary/aromatic N) is 2. The number of likely N-dealkylation sites (tertiary alicyclic amines) is 1. The first-order chi connectivity index (χ1) is 12.0. The highest BCUT2D eigenvalue weighted by Gasteiger charge is 2.39. The summed E-state index contributed by atoms with van der Waals surface area (Å²) in [6.07, 6.45) is 4.30. The zero-order valence-corrected chi connectivity index (χ0v) is 15.8. The number of nitrogens with two attached hydrogens (primary N) is 1. The summed E-state index contributed by atoms with van der Waals surface area (Å²) in [6, 6.07) is 8.06. The van der Waals surface area contributed by atoms with Crippen molar-refractivity contribution >= 4 is 29.3 Å². The Balaban J connectivity index is 1.69. The van der Waals surface area contributed by atoms with Crippen molar-refractivity contribution in [3.8, 4) is 0 Å². The molecule has 136 valence electrons. The van der Waals surface area contributed by atoms with E-state index in [-0.39, 0.29) is 23.8 Å². The molecule has 6 heteroatoms. The Labute approximate surface area is 153 Å². The number of amides is 2. The summed E-state index contributed by atoms with van der Waals surface area (Å²) < 4.78 is 0. The maximum Gasteiger partial charge on any atom is 0.228 e. The molecule has 5 nitrogen and oxygen atoms in total. The van der Waals surface area contributed by atoms with Crippen molar-refractivity contribution in [3.05, 3.63) is 24.3 Å². The van der Waals surface area contributed by atoms with E-state index < -0.39 is 0 Å². The van der Waals surface area contributed by atoms with Crippen LogP contribution in [0.2, 0.25) is 0 Å². The lowest BCUT2D eigenvalue weighted by Crippen LogP contribution is -2.51. The van der Waals surface area contributed by atoms with E-state index in [9.17, 15) is 9.59 Å². The maximum absolute atomic E-state index is 13.0. The van der Waals surface area contributed by atoms with E-state index in [2.05, 4.69) is 6.92 Å². The number of piperidine rings is 1. The Kier molecular flexibility index (Phi) is 5.69. The summed E-state index contributed by atoms with van der Waals surface area (Å²) in [5.41, 5.74) is 6.77. The summed E-state index contributed by atoms with van der Waals surface area (Å²) in [6.45, 7) is 3.94. The highest BCUT2D eigenvalue weighted by Crippen LogP contribution is 2.30. The molecular weight excluding hydrogens is 334 g/mol. The molecule has 0 saturated carbocycles. The lowest BCUT2D eigenvalue weighted by Gasteiger charge is -2.39. The second-order valence-electron chi connectivity index (χ2n) is 7.15. The number of thioether (sulfide) groups is 1. The van der Waals surface area contributed by atoms with E-state index >= 15 is 0 Å². The van der Waals surface area contributed by atoms with Gasteiger partial charge in [0.2, 0.25) is 11.8 Å². The molecule has 2 saturated heterocycles. The molecule has 0 aliphatic carbocycles. The number of hydrogen-bond acceptors (Lipinski definition) is 4. The topological polar surface area (TPSA) is 66.6 Å². The lowest BCUT2D eigenvalue weighted by molar-refractivity contribution is -0.139. The van der Waals surface area contributed by atoms with Gasteiger partial charge in [0.1, 0.15) is 0 Å². The first-order valence-electron chi connectivity index (χ1n) is 8.98. The minimum Gasteiger partial charge on any atom is -0.338 e. The SMILES string of the molecule is CSc1ccc(N2CC(C(=O)N3CCC(C)CC3CN)CC2=O)cc1. The van der Waals surface area contributed by atoms with E-state index in [0.717, 1.165) is 30.0 Å². The highest BCUT2D eigenvalue weighted by atomic mass is 32.2. The molecule has 2 heterocycles. The van der Waals surface area contributed by atoms with Crippen LogP contribution in [0, 0.1) is 11.8 Å². The van der Waals surface area contributed by atoms with Crippen LogP contribution in [0.3, 0.4) is 0 Å². The van der Waals surface area contributed by atoms with Crippen LogP contribution in [-0.2, 0) is 9.59 Å². The number of hydrogen-bond donors (Lipinski definition) is 1. The number of benzene rings is 1. The maximum atomic E-state index is 13.0. The van der Waals surface area contributed by atoms with Crippen LogP contribution in [-0.4, -0.2) is 48.6 Å². The van der Waals surface area contributed by atoms with Gasteiger partial charge < -0.3 is 15.5 Å². The van der Waals surface area contributed by atoms with Gasteiger partial charge in [-0.15, -0.1) is 11.8 Å². The largest absolute Gasteiger partial charge is 0.338 e. The van der Waals surface area contributed by atoms with E-state index in [4.69, 9.17) is 5.73 Å². The van der Waals surface area contributed by atoms with Crippen LogP contribution >= 0.6 is 11.8 Å². The van der Waals surface area contributed by atoms with Crippen molar-refractivity contribution in [2.24, 2.45) is 17.6 Å². The summed E-state index contributed by atoms with van der Waals surface area (Å²) in [5.74, 6) is 0.480. The normalized spacial score (nSPS) is 27.0. The van der Waals surface area contributed by atoms with Gasteiger partial charge in [-0.2, -0.15) is 0 Å². The second-order valence-corrected chi connectivity index (χ2v) is 8.03. The summed E-state index contributed by atoms with van der Waals surface area (Å²) in [4.78, 5) is 30.3. The zero-order chi connectivity index (χ0) is 18.0. The molecule has 0 aromatic heterocycles. The van der Waals surface area contributed by atoms with Crippen LogP contribution in [0.25, 0.3) is 0 Å². The highest BCUT2D eigenvalue weighted by molar-refractivity contribution is 7.98. The second kappa shape index (κ2) is 7.79. The molecule has 3 unspecified atom stereocenters. The first-order valence-corrected chi connectivity index (χ1v) is 10.2. The molecule has 2 fully saturated rings. The number of carbonyl (C=O) groups is 2. The fourth-order valence-corrected chi connectivity index (χ4v) is 4.29. The Hall–Kier alpha value is -1.53. The molecule has 0 spiro atoms. The summed E-state index contributed by atoms with van der Waals surface area (Å²) in [5, 5.41) is 0. The van der Waals surface area contributed by atoms with Gasteiger partial charge in [-0.1, -0.05) is 6.92 Å². The Morgan fingerprint density at radius 2 is 2.04 bits per heavy atom. The minimum absolute atomic E-state index is 0.0323. The molecule has 2 aliphatic heterocycles. The zero-order valence-electron chi connectivity index (χ0n) is 15.0. The number of anilines is 1. The predicted octanol–water partition coefficient (Wildman–Crippen LogP) is 2.35. The fraction of sp³-hybridized carbons (Fsp3) is 0.579. The van der Waals surface area contributed by atoms with E-state index in [1.807, 2.05) is 35.4 Å². The lowest BCUT2D eigenvalue weighted by atomic mass is 9.91. The van der Waals surface area contributed by atoms with Crippen molar-refractivity contribution in [2.75, 3.05) is 30.8 Å². The Morgan fingerprint density at radius 3 is 2.68 bits per heavy atom. The average molecular weight is 362 g/mol. The molecule has 2 aliphatic rings. The van der Waals surface area contributed by atoms with Crippen molar-refractivity contribution in [2.45, 2.75) is 37.1 Å². The standard InChI is InChI=1S/C19H27N3O2S/c1-13-7-8-21(16(9-13)11-20)19(24)14-10-18(23)22(12-14)15-3-5-17(25-2)6-4-15/h3-6,13-14,16H,7-12,20H2,1-2H3. The monoisotopic (exact) mass is 361 g/mol. The quantitative estimate of drug-likeness (QED) is 0.836. The fourth-order valence-electron chi connectivity index (χ4n) is 3.88.